The minimum Gasteiger partial charge on any atom is -0.340 e. The molecule has 1 amide bonds. The van der Waals surface area contributed by atoms with Gasteiger partial charge in [0.2, 0.25) is 0 Å². The SMILES string of the molecule is CN(CC1(N(C)C)CCC1)C(=O)c1ccccc1I. The summed E-state index contributed by atoms with van der Waals surface area (Å²) in [6.07, 6.45) is 3.64. The van der Waals surface area contributed by atoms with E-state index in [9.17, 15) is 4.79 Å². The van der Waals surface area contributed by atoms with Crippen molar-refractivity contribution in [1.82, 2.24) is 9.80 Å². The van der Waals surface area contributed by atoms with Crippen molar-refractivity contribution < 1.29 is 4.79 Å². The number of nitrogens with zero attached hydrogens (tertiary/aromatic N) is 2. The molecule has 1 aromatic carbocycles. The zero-order valence-corrected chi connectivity index (χ0v) is 14.0. The van der Waals surface area contributed by atoms with E-state index in [1.54, 1.807) is 0 Å². The first-order valence-electron chi connectivity index (χ1n) is 6.64. The number of rotatable bonds is 4. The molecule has 0 unspecified atom stereocenters. The van der Waals surface area contributed by atoms with Gasteiger partial charge in [0.15, 0.2) is 0 Å². The summed E-state index contributed by atoms with van der Waals surface area (Å²) in [5, 5.41) is 0. The molecule has 1 fully saturated rings. The molecule has 4 heteroatoms. The van der Waals surface area contributed by atoms with Gasteiger partial charge in [-0.15, -0.1) is 0 Å². The van der Waals surface area contributed by atoms with Gasteiger partial charge in [0, 0.05) is 22.7 Å². The third-order valence-corrected chi connectivity index (χ3v) is 5.16. The van der Waals surface area contributed by atoms with Crippen molar-refractivity contribution in [2.75, 3.05) is 27.7 Å². The Bertz CT molecular complexity index is 469. The highest BCUT2D eigenvalue weighted by molar-refractivity contribution is 14.1. The monoisotopic (exact) mass is 372 g/mol. The fourth-order valence-corrected chi connectivity index (χ4v) is 3.30. The molecular formula is C15H21IN2O. The first kappa shape index (κ1) is 14.8. The van der Waals surface area contributed by atoms with Crippen molar-refractivity contribution in [2.24, 2.45) is 0 Å². The summed E-state index contributed by atoms with van der Waals surface area (Å²) >= 11 is 2.22. The zero-order chi connectivity index (χ0) is 14.0. The maximum absolute atomic E-state index is 12.5. The molecule has 0 bridgehead atoms. The zero-order valence-electron chi connectivity index (χ0n) is 11.8. The van der Waals surface area contributed by atoms with Gasteiger partial charge < -0.3 is 9.80 Å². The molecule has 1 saturated carbocycles. The Morgan fingerprint density at radius 3 is 2.37 bits per heavy atom. The summed E-state index contributed by atoms with van der Waals surface area (Å²) in [5.41, 5.74) is 0.990. The molecule has 1 aromatic rings. The normalized spacial score (nSPS) is 17.1. The van der Waals surface area contributed by atoms with Crippen molar-refractivity contribution in [3.8, 4) is 0 Å². The lowest BCUT2D eigenvalue weighted by Crippen LogP contribution is -2.57. The Labute approximate surface area is 129 Å². The van der Waals surface area contributed by atoms with Crippen molar-refractivity contribution in [1.29, 1.82) is 0 Å². The highest BCUT2D eigenvalue weighted by atomic mass is 127. The lowest BCUT2D eigenvalue weighted by molar-refractivity contribution is 0.0252. The van der Waals surface area contributed by atoms with E-state index in [0.717, 1.165) is 15.7 Å². The van der Waals surface area contributed by atoms with Crippen LogP contribution in [0.15, 0.2) is 24.3 Å². The van der Waals surface area contributed by atoms with E-state index >= 15 is 0 Å². The highest BCUT2D eigenvalue weighted by Gasteiger charge is 2.40. The molecule has 0 heterocycles. The molecule has 0 aromatic heterocycles. The fraction of sp³-hybridized carbons (Fsp3) is 0.533. The summed E-state index contributed by atoms with van der Waals surface area (Å²) in [5.74, 6) is 0.123. The number of benzene rings is 1. The lowest BCUT2D eigenvalue weighted by atomic mass is 9.75. The van der Waals surface area contributed by atoms with Crippen LogP contribution in [0.3, 0.4) is 0 Å². The summed E-state index contributed by atoms with van der Waals surface area (Å²) in [6.45, 7) is 0.809. The largest absolute Gasteiger partial charge is 0.340 e. The molecule has 0 atom stereocenters. The Hall–Kier alpha value is -0.620. The smallest absolute Gasteiger partial charge is 0.254 e. The van der Waals surface area contributed by atoms with E-state index < -0.39 is 0 Å². The fourth-order valence-electron chi connectivity index (χ4n) is 2.69. The van der Waals surface area contributed by atoms with Crippen LogP contribution in [0.1, 0.15) is 29.6 Å². The molecule has 1 aliphatic carbocycles. The van der Waals surface area contributed by atoms with Gasteiger partial charge in [-0.2, -0.15) is 0 Å². The number of hydrogen-bond donors (Lipinski definition) is 0. The van der Waals surface area contributed by atoms with E-state index in [1.165, 1.54) is 19.3 Å². The second-order valence-electron chi connectivity index (χ2n) is 5.61. The second kappa shape index (κ2) is 5.79. The molecule has 1 aliphatic rings. The minimum absolute atomic E-state index is 0.123. The number of hydrogen-bond acceptors (Lipinski definition) is 2. The number of likely N-dealkylation sites (N-methyl/N-ethyl adjacent to an activating group) is 2. The van der Waals surface area contributed by atoms with Crippen LogP contribution < -0.4 is 0 Å². The quantitative estimate of drug-likeness (QED) is 0.759. The summed E-state index contributed by atoms with van der Waals surface area (Å²) in [4.78, 5) is 16.7. The Balaban J connectivity index is 2.10. The topological polar surface area (TPSA) is 23.6 Å². The van der Waals surface area contributed by atoms with Crippen molar-refractivity contribution in [2.45, 2.75) is 24.8 Å². The van der Waals surface area contributed by atoms with E-state index in [0.29, 0.717) is 0 Å². The second-order valence-corrected chi connectivity index (χ2v) is 6.78. The van der Waals surface area contributed by atoms with Crippen LogP contribution in [-0.4, -0.2) is 48.9 Å². The van der Waals surface area contributed by atoms with E-state index in [2.05, 4.69) is 41.6 Å². The van der Waals surface area contributed by atoms with E-state index in [-0.39, 0.29) is 11.4 Å². The number of halogens is 1. The summed E-state index contributed by atoms with van der Waals surface area (Å²) < 4.78 is 1.02. The van der Waals surface area contributed by atoms with Crippen molar-refractivity contribution in [3.63, 3.8) is 0 Å². The number of carbonyl (C=O) groups is 1. The van der Waals surface area contributed by atoms with Gasteiger partial charge in [-0.3, -0.25) is 4.79 Å². The van der Waals surface area contributed by atoms with Crippen LogP contribution in [0.4, 0.5) is 0 Å². The van der Waals surface area contributed by atoms with Crippen LogP contribution >= 0.6 is 22.6 Å². The molecule has 0 N–H and O–H groups in total. The van der Waals surface area contributed by atoms with Crippen LogP contribution in [0.25, 0.3) is 0 Å². The van der Waals surface area contributed by atoms with E-state index in [1.807, 2.05) is 36.2 Å². The maximum Gasteiger partial charge on any atom is 0.254 e. The number of carbonyl (C=O) groups excluding carboxylic acids is 1. The molecular weight excluding hydrogens is 351 g/mol. The minimum atomic E-state index is 0.123. The standard InChI is InChI=1S/C15H21IN2O/c1-17(2)15(9-6-10-15)11-18(3)14(19)12-7-4-5-8-13(12)16/h4-5,7-8H,6,9-11H2,1-3H3. The van der Waals surface area contributed by atoms with Crippen LogP contribution in [-0.2, 0) is 0 Å². The highest BCUT2D eigenvalue weighted by Crippen LogP contribution is 2.36. The molecule has 104 valence electrons. The molecule has 3 nitrogen and oxygen atoms in total. The van der Waals surface area contributed by atoms with Gasteiger partial charge >= 0.3 is 0 Å². The first-order valence-corrected chi connectivity index (χ1v) is 7.71. The molecule has 0 aliphatic heterocycles. The van der Waals surface area contributed by atoms with Gasteiger partial charge in [0.1, 0.15) is 0 Å². The Kier molecular flexibility index (Phi) is 4.50. The maximum atomic E-state index is 12.5. The van der Waals surface area contributed by atoms with Gasteiger partial charge in [-0.25, -0.2) is 0 Å². The lowest BCUT2D eigenvalue weighted by Gasteiger charge is -2.49. The van der Waals surface area contributed by atoms with Crippen LogP contribution in [0.2, 0.25) is 0 Å². The number of amides is 1. The Morgan fingerprint density at radius 1 is 1.26 bits per heavy atom. The average molecular weight is 372 g/mol. The van der Waals surface area contributed by atoms with Gasteiger partial charge in [-0.05, 0) is 68.1 Å². The third kappa shape index (κ3) is 2.94. The van der Waals surface area contributed by atoms with Gasteiger partial charge in [0.25, 0.3) is 5.91 Å². The van der Waals surface area contributed by atoms with E-state index in [4.69, 9.17) is 0 Å². The summed E-state index contributed by atoms with van der Waals surface area (Å²) in [6, 6.07) is 7.77. The Morgan fingerprint density at radius 2 is 1.89 bits per heavy atom. The molecule has 0 saturated heterocycles. The third-order valence-electron chi connectivity index (χ3n) is 4.22. The van der Waals surface area contributed by atoms with Crippen LogP contribution in [0.5, 0.6) is 0 Å². The van der Waals surface area contributed by atoms with Crippen molar-refractivity contribution in [3.05, 3.63) is 33.4 Å². The van der Waals surface area contributed by atoms with Crippen LogP contribution in [0, 0.1) is 3.57 Å². The molecule has 0 spiro atoms. The van der Waals surface area contributed by atoms with Gasteiger partial charge in [-0.1, -0.05) is 12.1 Å². The van der Waals surface area contributed by atoms with Crippen molar-refractivity contribution >= 4 is 28.5 Å². The average Bonchev–Trinajstić information content (AvgIpc) is 2.32. The predicted molar refractivity (Wildman–Crippen MR) is 86.4 cm³/mol. The predicted octanol–water partition coefficient (Wildman–Crippen LogP) is 2.85. The molecule has 19 heavy (non-hydrogen) atoms. The molecule has 2 rings (SSSR count). The summed E-state index contributed by atoms with van der Waals surface area (Å²) in [7, 11) is 6.14. The molecule has 0 radical (unpaired) electrons. The first-order chi connectivity index (χ1) is 8.96. The van der Waals surface area contributed by atoms with Gasteiger partial charge in [0.05, 0.1) is 5.56 Å².